The van der Waals surface area contributed by atoms with Gasteiger partial charge in [-0.3, -0.25) is 19.0 Å². The number of para-hydroxylation sites is 2. The Hall–Kier alpha value is -3.39. The fourth-order valence-corrected chi connectivity index (χ4v) is 3.83. The average Bonchev–Trinajstić information content (AvgIpc) is 2.79. The molecule has 0 unspecified atom stereocenters. The number of fused-ring (bicyclic) bond motifs is 1. The van der Waals surface area contributed by atoms with Gasteiger partial charge in [-0.25, -0.2) is 4.98 Å². The average molecular weight is 440 g/mol. The van der Waals surface area contributed by atoms with E-state index in [9.17, 15) is 14.4 Å². The Morgan fingerprint density at radius 3 is 2.58 bits per heavy atom. The molecule has 2 aromatic carbocycles. The van der Waals surface area contributed by atoms with Crippen LogP contribution in [0.15, 0.2) is 59.5 Å². The van der Waals surface area contributed by atoms with E-state index in [1.165, 1.54) is 10.8 Å². The van der Waals surface area contributed by atoms with Gasteiger partial charge in [-0.1, -0.05) is 29.8 Å². The highest BCUT2D eigenvalue weighted by atomic mass is 35.5. The predicted octanol–water partition coefficient (Wildman–Crippen LogP) is 1.51. The first kappa shape index (κ1) is 20.9. The molecule has 1 aliphatic rings. The van der Waals surface area contributed by atoms with E-state index in [1.807, 2.05) is 30.3 Å². The van der Waals surface area contributed by atoms with Crippen molar-refractivity contribution in [3.05, 3.63) is 70.1 Å². The summed E-state index contributed by atoms with van der Waals surface area (Å²) in [6.45, 7) is 2.24. The molecular weight excluding hydrogens is 418 g/mol. The Balaban J connectivity index is 1.30. The van der Waals surface area contributed by atoms with Crippen molar-refractivity contribution in [2.24, 2.45) is 0 Å². The van der Waals surface area contributed by atoms with Gasteiger partial charge in [0.1, 0.15) is 6.54 Å². The van der Waals surface area contributed by atoms with Gasteiger partial charge in [0.2, 0.25) is 11.8 Å². The van der Waals surface area contributed by atoms with Crippen molar-refractivity contribution in [1.29, 1.82) is 0 Å². The fourth-order valence-electron chi connectivity index (χ4n) is 3.65. The van der Waals surface area contributed by atoms with Crippen LogP contribution in [0, 0.1) is 0 Å². The van der Waals surface area contributed by atoms with E-state index in [2.05, 4.69) is 15.2 Å². The van der Waals surface area contributed by atoms with Gasteiger partial charge in [0.25, 0.3) is 5.56 Å². The maximum atomic E-state index is 12.5. The predicted molar refractivity (Wildman–Crippen MR) is 119 cm³/mol. The summed E-state index contributed by atoms with van der Waals surface area (Å²) >= 11 is 6.06. The van der Waals surface area contributed by atoms with Crippen LogP contribution in [0.25, 0.3) is 11.0 Å². The molecule has 1 saturated heterocycles. The maximum Gasteiger partial charge on any atom is 0.269 e. The van der Waals surface area contributed by atoms with Crippen molar-refractivity contribution in [2.75, 3.05) is 37.6 Å². The Bertz CT molecular complexity index is 1170. The lowest BCUT2D eigenvalue weighted by atomic mass is 10.2. The minimum absolute atomic E-state index is 0.103. The first-order chi connectivity index (χ1) is 15.0. The zero-order chi connectivity index (χ0) is 21.8. The number of anilines is 1. The molecule has 0 saturated carbocycles. The molecule has 1 aromatic heterocycles. The summed E-state index contributed by atoms with van der Waals surface area (Å²) in [5.41, 5.74) is 1.87. The first-order valence-corrected chi connectivity index (χ1v) is 10.4. The third-order valence-corrected chi connectivity index (χ3v) is 5.53. The van der Waals surface area contributed by atoms with Gasteiger partial charge >= 0.3 is 0 Å². The molecule has 0 spiro atoms. The van der Waals surface area contributed by atoms with Gasteiger partial charge in [0.05, 0.1) is 23.8 Å². The molecule has 1 N–H and O–H groups in total. The summed E-state index contributed by atoms with van der Waals surface area (Å²) in [7, 11) is 0. The van der Waals surface area contributed by atoms with E-state index in [0.29, 0.717) is 42.2 Å². The molecule has 1 fully saturated rings. The highest BCUT2D eigenvalue weighted by molar-refractivity contribution is 6.30. The number of rotatable bonds is 5. The molecule has 160 valence electrons. The number of piperazine rings is 1. The first-order valence-electron chi connectivity index (χ1n) is 10.0. The van der Waals surface area contributed by atoms with Crippen molar-refractivity contribution < 1.29 is 9.59 Å². The minimum Gasteiger partial charge on any atom is -0.368 e. The van der Waals surface area contributed by atoms with Crippen molar-refractivity contribution in [2.45, 2.75) is 6.54 Å². The van der Waals surface area contributed by atoms with Crippen LogP contribution in [-0.4, -0.2) is 59.0 Å². The molecule has 31 heavy (non-hydrogen) atoms. The summed E-state index contributed by atoms with van der Waals surface area (Å²) in [5.74, 6) is -0.546. The number of benzene rings is 2. The monoisotopic (exact) mass is 439 g/mol. The van der Waals surface area contributed by atoms with Crippen molar-refractivity contribution in [3.63, 3.8) is 0 Å². The highest BCUT2D eigenvalue weighted by Crippen LogP contribution is 2.20. The van der Waals surface area contributed by atoms with Crippen LogP contribution in [-0.2, 0) is 16.1 Å². The van der Waals surface area contributed by atoms with E-state index in [-0.39, 0.29) is 24.6 Å². The number of hydrogen-bond donors (Lipinski definition) is 1. The number of carbonyl (C=O) groups excluding carboxylic acids is 2. The van der Waals surface area contributed by atoms with Crippen LogP contribution < -0.4 is 15.8 Å². The topological polar surface area (TPSA) is 87.5 Å². The number of carbonyl (C=O) groups is 2. The van der Waals surface area contributed by atoms with Crippen LogP contribution in [0.4, 0.5) is 5.69 Å². The third kappa shape index (κ3) is 4.86. The van der Waals surface area contributed by atoms with Crippen LogP contribution >= 0.6 is 11.6 Å². The number of amides is 2. The standard InChI is InChI=1S/C22H22ClN5O3/c23-16-4-3-5-17(12-16)26-8-10-27(11-9-26)21(30)13-25-20(29)15-28-19-7-2-1-6-18(19)24-14-22(28)31/h1-7,12,14H,8-11,13,15H2,(H,25,29). The second-order valence-corrected chi connectivity index (χ2v) is 7.73. The molecule has 0 aliphatic carbocycles. The Labute approximate surface area is 184 Å². The number of halogens is 1. The SMILES string of the molecule is O=C(Cn1c(=O)cnc2ccccc21)NCC(=O)N1CCN(c2cccc(Cl)c2)CC1. The molecule has 4 rings (SSSR count). The Morgan fingerprint density at radius 1 is 1.03 bits per heavy atom. The molecular formula is C22H22ClN5O3. The number of nitrogens with one attached hydrogen (secondary N) is 1. The van der Waals surface area contributed by atoms with Gasteiger partial charge in [-0.15, -0.1) is 0 Å². The van der Waals surface area contributed by atoms with Gasteiger partial charge < -0.3 is 15.1 Å². The normalized spacial score (nSPS) is 14.0. The zero-order valence-electron chi connectivity index (χ0n) is 16.8. The van der Waals surface area contributed by atoms with Crippen molar-refractivity contribution in [1.82, 2.24) is 19.8 Å². The van der Waals surface area contributed by atoms with E-state index in [0.717, 1.165) is 5.69 Å². The van der Waals surface area contributed by atoms with Gasteiger partial charge in [0.15, 0.2) is 0 Å². The maximum absolute atomic E-state index is 12.5. The second-order valence-electron chi connectivity index (χ2n) is 7.30. The minimum atomic E-state index is -0.399. The number of hydrogen-bond acceptors (Lipinski definition) is 5. The van der Waals surface area contributed by atoms with Gasteiger partial charge in [-0.2, -0.15) is 0 Å². The summed E-state index contributed by atoms with van der Waals surface area (Å²) < 4.78 is 1.35. The van der Waals surface area contributed by atoms with Gasteiger partial charge in [-0.05, 0) is 30.3 Å². The summed E-state index contributed by atoms with van der Waals surface area (Å²) in [6, 6.07) is 14.7. The molecule has 0 bridgehead atoms. The van der Waals surface area contributed by atoms with E-state index in [4.69, 9.17) is 11.6 Å². The van der Waals surface area contributed by atoms with Crippen molar-refractivity contribution in [3.8, 4) is 0 Å². The summed E-state index contributed by atoms with van der Waals surface area (Å²) in [6.07, 6.45) is 1.19. The molecule has 0 radical (unpaired) electrons. The van der Waals surface area contributed by atoms with Crippen LogP contribution in [0.5, 0.6) is 0 Å². The van der Waals surface area contributed by atoms with Crippen LogP contribution in [0.3, 0.4) is 0 Å². The molecule has 9 heteroatoms. The lowest BCUT2D eigenvalue weighted by Gasteiger charge is -2.36. The van der Waals surface area contributed by atoms with E-state index in [1.54, 1.807) is 23.1 Å². The zero-order valence-corrected chi connectivity index (χ0v) is 17.6. The fraction of sp³-hybridized carbons (Fsp3) is 0.273. The lowest BCUT2D eigenvalue weighted by molar-refractivity contribution is -0.133. The van der Waals surface area contributed by atoms with Crippen LogP contribution in [0.1, 0.15) is 0 Å². The molecule has 0 atom stereocenters. The largest absolute Gasteiger partial charge is 0.368 e. The second kappa shape index (κ2) is 9.18. The van der Waals surface area contributed by atoms with E-state index >= 15 is 0 Å². The third-order valence-electron chi connectivity index (χ3n) is 5.30. The highest BCUT2D eigenvalue weighted by Gasteiger charge is 2.22. The number of aromatic nitrogens is 2. The van der Waals surface area contributed by atoms with Crippen molar-refractivity contribution >= 4 is 40.1 Å². The Morgan fingerprint density at radius 2 is 1.81 bits per heavy atom. The Kier molecular flexibility index (Phi) is 6.18. The van der Waals surface area contributed by atoms with Gasteiger partial charge in [0, 0.05) is 36.9 Å². The lowest BCUT2D eigenvalue weighted by Crippen LogP contribution is -2.51. The molecule has 2 heterocycles. The molecule has 8 nitrogen and oxygen atoms in total. The van der Waals surface area contributed by atoms with E-state index < -0.39 is 5.91 Å². The molecule has 3 aromatic rings. The summed E-state index contributed by atoms with van der Waals surface area (Å²) in [5, 5.41) is 3.31. The summed E-state index contributed by atoms with van der Waals surface area (Å²) in [4.78, 5) is 45.0. The smallest absolute Gasteiger partial charge is 0.269 e. The number of nitrogens with zero attached hydrogens (tertiary/aromatic N) is 4. The van der Waals surface area contributed by atoms with Crippen LogP contribution in [0.2, 0.25) is 5.02 Å². The quantitative estimate of drug-likeness (QED) is 0.651. The molecule has 2 amide bonds. The molecule has 1 aliphatic heterocycles.